The Morgan fingerprint density at radius 3 is 2.29 bits per heavy atom. The van der Waals surface area contributed by atoms with E-state index in [4.69, 9.17) is 14.2 Å². The first-order valence-corrected chi connectivity index (χ1v) is 7.46. The van der Waals surface area contributed by atoms with E-state index in [9.17, 15) is 0 Å². The summed E-state index contributed by atoms with van der Waals surface area (Å²) < 4.78 is 16.3. The van der Waals surface area contributed by atoms with E-state index in [1.165, 1.54) is 5.56 Å². The van der Waals surface area contributed by atoms with Gasteiger partial charge in [-0.15, -0.1) is 5.10 Å². The van der Waals surface area contributed by atoms with Crippen LogP contribution in [-0.2, 0) is 0 Å². The molecule has 124 valence electrons. The van der Waals surface area contributed by atoms with Crippen LogP contribution in [0, 0.1) is 6.92 Å². The molecule has 6 nitrogen and oxygen atoms in total. The predicted molar refractivity (Wildman–Crippen MR) is 91.6 cm³/mol. The van der Waals surface area contributed by atoms with Crippen molar-refractivity contribution in [2.75, 3.05) is 21.3 Å². The van der Waals surface area contributed by atoms with Crippen LogP contribution in [0.2, 0.25) is 0 Å². The third-order valence-corrected chi connectivity index (χ3v) is 3.83. The number of ether oxygens (including phenoxy) is 3. The Morgan fingerprint density at radius 2 is 1.67 bits per heavy atom. The van der Waals surface area contributed by atoms with Crippen molar-refractivity contribution < 1.29 is 14.2 Å². The Labute approximate surface area is 140 Å². The average molecular weight is 325 g/mol. The number of nitrogens with one attached hydrogen (secondary N) is 1. The van der Waals surface area contributed by atoms with Crippen molar-refractivity contribution in [3.63, 3.8) is 0 Å². The lowest BCUT2D eigenvalue weighted by Gasteiger charge is -2.14. The van der Waals surface area contributed by atoms with Gasteiger partial charge in [0, 0.05) is 11.6 Å². The van der Waals surface area contributed by atoms with E-state index >= 15 is 0 Å². The second kappa shape index (κ2) is 6.62. The summed E-state index contributed by atoms with van der Waals surface area (Å²) in [5.41, 5.74) is 4.41. The number of nitrogens with zero attached hydrogens (tertiary/aromatic N) is 2. The number of hydrogen-bond acceptors (Lipinski definition) is 5. The highest BCUT2D eigenvalue weighted by Crippen LogP contribution is 2.43. The molecule has 0 radical (unpaired) electrons. The molecule has 0 aliphatic carbocycles. The van der Waals surface area contributed by atoms with Gasteiger partial charge in [-0.2, -0.15) is 0 Å². The highest BCUT2D eigenvalue weighted by atomic mass is 16.5. The molecule has 2 aromatic carbocycles. The first kappa shape index (κ1) is 15.9. The number of rotatable bonds is 5. The number of aryl methyl sites for hydroxylation is 1. The molecule has 0 saturated carbocycles. The smallest absolute Gasteiger partial charge is 0.170 e. The van der Waals surface area contributed by atoms with Crippen LogP contribution in [0.15, 0.2) is 36.4 Å². The number of hydrogen-bond donors (Lipinski definition) is 1. The first-order chi connectivity index (χ1) is 11.7. The fraction of sp³-hybridized carbons (Fsp3) is 0.222. The third kappa shape index (κ3) is 2.78. The quantitative estimate of drug-likeness (QED) is 0.778. The molecule has 0 atom stereocenters. The van der Waals surface area contributed by atoms with E-state index in [1.807, 2.05) is 37.3 Å². The molecule has 0 bridgehead atoms. The summed E-state index contributed by atoms with van der Waals surface area (Å²) in [6.45, 7) is 2.05. The average Bonchev–Trinajstić information content (AvgIpc) is 3.10. The van der Waals surface area contributed by atoms with E-state index in [0.29, 0.717) is 22.9 Å². The molecule has 0 amide bonds. The predicted octanol–water partition coefficient (Wildman–Crippen LogP) is 3.47. The zero-order valence-electron chi connectivity index (χ0n) is 14.1. The zero-order valence-corrected chi connectivity index (χ0v) is 14.1. The molecule has 0 aliphatic heterocycles. The van der Waals surface area contributed by atoms with Crippen LogP contribution >= 0.6 is 0 Å². The molecule has 24 heavy (non-hydrogen) atoms. The summed E-state index contributed by atoms with van der Waals surface area (Å²) in [6.07, 6.45) is 0. The molecular formula is C18H19N3O3. The van der Waals surface area contributed by atoms with Gasteiger partial charge >= 0.3 is 0 Å². The Kier molecular flexibility index (Phi) is 4.37. The fourth-order valence-electron chi connectivity index (χ4n) is 2.57. The molecule has 3 rings (SSSR count). The molecule has 3 aromatic rings. The van der Waals surface area contributed by atoms with Gasteiger partial charge in [0.2, 0.25) is 0 Å². The van der Waals surface area contributed by atoms with Crippen molar-refractivity contribution in [1.82, 2.24) is 15.4 Å². The summed E-state index contributed by atoms with van der Waals surface area (Å²) in [5, 5.41) is 11.2. The van der Waals surface area contributed by atoms with Crippen molar-refractivity contribution in [3.05, 3.63) is 42.0 Å². The van der Waals surface area contributed by atoms with Gasteiger partial charge in [-0.05, 0) is 13.0 Å². The van der Waals surface area contributed by atoms with Crippen molar-refractivity contribution in [2.24, 2.45) is 0 Å². The molecule has 0 spiro atoms. The lowest BCUT2D eigenvalue weighted by molar-refractivity contribution is 0.350. The molecule has 0 aliphatic rings. The second-order valence-corrected chi connectivity index (χ2v) is 5.31. The molecule has 1 N–H and O–H groups in total. The summed E-state index contributed by atoms with van der Waals surface area (Å²) >= 11 is 0. The summed E-state index contributed by atoms with van der Waals surface area (Å²) in [7, 11) is 4.79. The molecule has 0 unspecified atom stereocenters. The lowest BCUT2D eigenvalue weighted by atomic mass is 10.0. The standard InChI is InChI=1S/C18H19N3O3/c1-11-5-7-12(8-6-11)16-17(20-21-19-16)14-9-13(22-2)10-15(23-3)18(14)24-4/h5-10H,1-4H3,(H,19,20,21). The largest absolute Gasteiger partial charge is 0.497 e. The number of aromatic nitrogens is 3. The number of aromatic amines is 1. The van der Waals surface area contributed by atoms with Gasteiger partial charge in [0.15, 0.2) is 11.5 Å². The van der Waals surface area contributed by atoms with Gasteiger partial charge < -0.3 is 14.2 Å². The van der Waals surface area contributed by atoms with Crippen molar-refractivity contribution in [2.45, 2.75) is 6.92 Å². The molecular weight excluding hydrogens is 306 g/mol. The van der Waals surface area contributed by atoms with Crippen LogP contribution < -0.4 is 14.2 Å². The minimum absolute atomic E-state index is 0.574. The third-order valence-electron chi connectivity index (χ3n) is 3.83. The second-order valence-electron chi connectivity index (χ2n) is 5.31. The van der Waals surface area contributed by atoms with Gasteiger partial charge in [-0.3, -0.25) is 5.10 Å². The van der Waals surface area contributed by atoms with E-state index in [2.05, 4.69) is 15.4 Å². The van der Waals surface area contributed by atoms with Crippen molar-refractivity contribution in [3.8, 4) is 39.8 Å². The minimum atomic E-state index is 0.574. The molecule has 0 saturated heterocycles. The molecule has 6 heteroatoms. The van der Waals surface area contributed by atoms with E-state index < -0.39 is 0 Å². The number of H-pyrrole nitrogens is 1. The van der Waals surface area contributed by atoms with Crippen LogP contribution in [0.3, 0.4) is 0 Å². The fourth-order valence-corrected chi connectivity index (χ4v) is 2.57. The Morgan fingerprint density at radius 1 is 0.917 bits per heavy atom. The maximum atomic E-state index is 5.54. The lowest BCUT2D eigenvalue weighted by Crippen LogP contribution is -1.96. The summed E-state index contributed by atoms with van der Waals surface area (Å²) in [6, 6.07) is 11.8. The monoisotopic (exact) mass is 325 g/mol. The summed E-state index contributed by atoms with van der Waals surface area (Å²) in [4.78, 5) is 0. The highest BCUT2D eigenvalue weighted by molar-refractivity contribution is 5.83. The van der Waals surface area contributed by atoms with Crippen LogP contribution in [-0.4, -0.2) is 36.7 Å². The number of benzene rings is 2. The molecule has 1 aromatic heterocycles. The maximum absolute atomic E-state index is 5.54. The SMILES string of the molecule is COc1cc(OC)c(OC)c(-c2nn[nH]c2-c2ccc(C)cc2)c1. The van der Waals surface area contributed by atoms with Crippen LogP contribution in [0.4, 0.5) is 0 Å². The van der Waals surface area contributed by atoms with Gasteiger partial charge in [-0.25, -0.2) is 0 Å². The Bertz CT molecular complexity index is 841. The molecule has 1 heterocycles. The first-order valence-electron chi connectivity index (χ1n) is 7.46. The van der Waals surface area contributed by atoms with E-state index in [0.717, 1.165) is 16.8 Å². The molecule has 0 fully saturated rings. The Hall–Kier alpha value is -3.02. The van der Waals surface area contributed by atoms with Crippen LogP contribution in [0.1, 0.15) is 5.56 Å². The topological polar surface area (TPSA) is 69.3 Å². The van der Waals surface area contributed by atoms with Crippen molar-refractivity contribution in [1.29, 1.82) is 0 Å². The van der Waals surface area contributed by atoms with Crippen LogP contribution in [0.5, 0.6) is 17.2 Å². The van der Waals surface area contributed by atoms with E-state index in [1.54, 1.807) is 27.4 Å². The Balaban J connectivity index is 2.20. The van der Waals surface area contributed by atoms with Crippen LogP contribution in [0.25, 0.3) is 22.5 Å². The zero-order chi connectivity index (χ0) is 17.1. The maximum Gasteiger partial charge on any atom is 0.170 e. The highest BCUT2D eigenvalue weighted by Gasteiger charge is 2.20. The van der Waals surface area contributed by atoms with Gasteiger partial charge in [0.05, 0.1) is 32.6 Å². The van der Waals surface area contributed by atoms with Crippen molar-refractivity contribution >= 4 is 0 Å². The minimum Gasteiger partial charge on any atom is -0.497 e. The van der Waals surface area contributed by atoms with E-state index in [-0.39, 0.29) is 0 Å². The number of methoxy groups -OCH3 is 3. The van der Waals surface area contributed by atoms with Gasteiger partial charge in [-0.1, -0.05) is 35.0 Å². The van der Waals surface area contributed by atoms with Gasteiger partial charge in [0.1, 0.15) is 11.4 Å². The summed E-state index contributed by atoms with van der Waals surface area (Å²) in [5.74, 6) is 1.81. The normalized spacial score (nSPS) is 10.5. The van der Waals surface area contributed by atoms with Gasteiger partial charge in [0.25, 0.3) is 0 Å².